The van der Waals surface area contributed by atoms with Gasteiger partial charge in [0.15, 0.2) is 11.6 Å². The molecule has 0 atom stereocenters. The fourth-order valence-electron chi connectivity index (χ4n) is 2.88. The Labute approximate surface area is 114 Å². The SMILES string of the molecule is CCC[C@H]1CC[C@H](COc2ccc(F)c(F)c2)CC1. The molecule has 1 aliphatic rings. The van der Waals surface area contributed by atoms with Gasteiger partial charge in [0.1, 0.15) is 5.75 Å². The van der Waals surface area contributed by atoms with E-state index in [0.717, 1.165) is 18.1 Å². The molecule has 0 spiro atoms. The van der Waals surface area contributed by atoms with E-state index >= 15 is 0 Å². The van der Waals surface area contributed by atoms with E-state index in [2.05, 4.69) is 6.92 Å². The molecular weight excluding hydrogens is 246 g/mol. The lowest BCUT2D eigenvalue weighted by Crippen LogP contribution is -2.20. The van der Waals surface area contributed by atoms with Crippen molar-refractivity contribution >= 4 is 0 Å². The van der Waals surface area contributed by atoms with Crippen molar-refractivity contribution in [3.05, 3.63) is 29.8 Å². The molecule has 0 aromatic heterocycles. The van der Waals surface area contributed by atoms with Crippen molar-refractivity contribution in [2.45, 2.75) is 45.4 Å². The first-order chi connectivity index (χ1) is 9.19. The first-order valence-corrected chi connectivity index (χ1v) is 7.27. The maximum Gasteiger partial charge on any atom is 0.162 e. The van der Waals surface area contributed by atoms with Gasteiger partial charge >= 0.3 is 0 Å². The van der Waals surface area contributed by atoms with E-state index in [1.807, 2.05) is 0 Å². The Kier molecular flexibility index (Phi) is 5.17. The van der Waals surface area contributed by atoms with Crippen molar-refractivity contribution in [2.24, 2.45) is 11.8 Å². The van der Waals surface area contributed by atoms with E-state index in [0.29, 0.717) is 18.3 Å². The summed E-state index contributed by atoms with van der Waals surface area (Å²) in [6, 6.07) is 3.72. The Bertz CT molecular complexity index is 398. The van der Waals surface area contributed by atoms with E-state index in [4.69, 9.17) is 4.74 Å². The van der Waals surface area contributed by atoms with Gasteiger partial charge in [-0.3, -0.25) is 0 Å². The molecular formula is C16H22F2O. The summed E-state index contributed by atoms with van der Waals surface area (Å²) in [5.74, 6) is 0.192. The molecule has 1 fully saturated rings. The van der Waals surface area contributed by atoms with E-state index < -0.39 is 11.6 Å². The minimum Gasteiger partial charge on any atom is -0.493 e. The smallest absolute Gasteiger partial charge is 0.162 e. The highest BCUT2D eigenvalue weighted by atomic mass is 19.2. The molecule has 0 heterocycles. The molecule has 1 aliphatic carbocycles. The molecule has 0 unspecified atom stereocenters. The number of halogens is 2. The van der Waals surface area contributed by atoms with Crippen LogP contribution in [0.5, 0.6) is 5.75 Å². The van der Waals surface area contributed by atoms with Gasteiger partial charge in [-0.05, 0) is 36.8 Å². The Morgan fingerprint density at radius 1 is 1.05 bits per heavy atom. The molecule has 0 bridgehead atoms. The molecule has 0 amide bonds. The summed E-state index contributed by atoms with van der Waals surface area (Å²) in [6.45, 7) is 2.85. The molecule has 0 saturated heterocycles. The first-order valence-electron chi connectivity index (χ1n) is 7.27. The first kappa shape index (κ1) is 14.3. The molecule has 19 heavy (non-hydrogen) atoms. The molecule has 1 aromatic carbocycles. The fourth-order valence-corrected chi connectivity index (χ4v) is 2.88. The Balaban J connectivity index is 1.75. The Morgan fingerprint density at radius 3 is 2.37 bits per heavy atom. The summed E-state index contributed by atoms with van der Waals surface area (Å²) >= 11 is 0. The second kappa shape index (κ2) is 6.88. The quantitative estimate of drug-likeness (QED) is 0.734. The van der Waals surface area contributed by atoms with Crippen LogP contribution in [0.25, 0.3) is 0 Å². The predicted molar refractivity (Wildman–Crippen MR) is 72.2 cm³/mol. The molecule has 0 aliphatic heterocycles. The molecule has 106 valence electrons. The topological polar surface area (TPSA) is 9.23 Å². The average molecular weight is 268 g/mol. The molecule has 0 N–H and O–H groups in total. The van der Waals surface area contributed by atoms with Gasteiger partial charge in [0, 0.05) is 6.07 Å². The lowest BCUT2D eigenvalue weighted by molar-refractivity contribution is 0.178. The highest BCUT2D eigenvalue weighted by Gasteiger charge is 2.21. The molecule has 3 heteroatoms. The van der Waals surface area contributed by atoms with Gasteiger partial charge in [0.2, 0.25) is 0 Å². The third-order valence-corrected chi connectivity index (χ3v) is 4.04. The number of hydrogen-bond donors (Lipinski definition) is 0. The third kappa shape index (κ3) is 4.19. The summed E-state index contributed by atoms with van der Waals surface area (Å²) in [5, 5.41) is 0. The monoisotopic (exact) mass is 268 g/mol. The summed E-state index contributed by atoms with van der Waals surface area (Å²) < 4.78 is 31.4. The number of ether oxygens (including phenoxy) is 1. The van der Waals surface area contributed by atoms with Crippen LogP contribution in [0.4, 0.5) is 8.78 Å². The molecule has 1 aromatic rings. The molecule has 2 rings (SSSR count). The molecule has 0 radical (unpaired) electrons. The predicted octanol–water partition coefficient (Wildman–Crippen LogP) is 4.95. The summed E-state index contributed by atoms with van der Waals surface area (Å²) in [4.78, 5) is 0. The number of rotatable bonds is 5. The highest BCUT2D eigenvalue weighted by Crippen LogP contribution is 2.31. The van der Waals surface area contributed by atoms with Crippen LogP contribution in [0.15, 0.2) is 18.2 Å². The van der Waals surface area contributed by atoms with Crippen molar-refractivity contribution in [2.75, 3.05) is 6.61 Å². The maximum atomic E-state index is 13.0. The second-order valence-electron chi connectivity index (χ2n) is 5.56. The summed E-state index contributed by atoms with van der Waals surface area (Å²) in [5.41, 5.74) is 0. The summed E-state index contributed by atoms with van der Waals surface area (Å²) in [7, 11) is 0. The Morgan fingerprint density at radius 2 is 1.74 bits per heavy atom. The van der Waals surface area contributed by atoms with Crippen LogP contribution in [-0.4, -0.2) is 6.61 Å². The van der Waals surface area contributed by atoms with Crippen LogP contribution >= 0.6 is 0 Å². The highest BCUT2D eigenvalue weighted by molar-refractivity contribution is 5.23. The zero-order valence-corrected chi connectivity index (χ0v) is 11.5. The molecule has 1 nitrogen and oxygen atoms in total. The van der Waals surface area contributed by atoms with Crippen LogP contribution in [0.2, 0.25) is 0 Å². The average Bonchev–Trinajstić information content (AvgIpc) is 2.42. The van der Waals surface area contributed by atoms with E-state index in [-0.39, 0.29) is 0 Å². The van der Waals surface area contributed by atoms with E-state index in [9.17, 15) is 8.78 Å². The van der Waals surface area contributed by atoms with Crippen LogP contribution in [-0.2, 0) is 0 Å². The fraction of sp³-hybridized carbons (Fsp3) is 0.625. The normalized spacial score (nSPS) is 23.3. The van der Waals surface area contributed by atoms with Crippen molar-refractivity contribution in [3.63, 3.8) is 0 Å². The van der Waals surface area contributed by atoms with Gasteiger partial charge in [-0.15, -0.1) is 0 Å². The van der Waals surface area contributed by atoms with Gasteiger partial charge in [-0.1, -0.05) is 32.6 Å². The standard InChI is InChI=1S/C16H22F2O/c1-2-3-12-4-6-13(7-5-12)11-19-14-8-9-15(17)16(18)10-14/h8-10,12-13H,2-7,11H2,1H3/t12-,13-. The zero-order chi connectivity index (χ0) is 13.7. The maximum absolute atomic E-state index is 13.0. The second-order valence-corrected chi connectivity index (χ2v) is 5.56. The van der Waals surface area contributed by atoms with Gasteiger partial charge in [-0.2, -0.15) is 0 Å². The Hall–Kier alpha value is -1.12. The number of benzene rings is 1. The van der Waals surface area contributed by atoms with Gasteiger partial charge in [-0.25, -0.2) is 8.78 Å². The lowest BCUT2D eigenvalue weighted by atomic mass is 9.80. The van der Waals surface area contributed by atoms with Crippen molar-refractivity contribution < 1.29 is 13.5 Å². The zero-order valence-electron chi connectivity index (χ0n) is 11.5. The number of hydrogen-bond acceptors (Lipinski definition) is 1. The van der Waals surface area contributed by atoms with Crippen LogP contribution in [0.1, 0.15) is 45.4 Å². The van der Waals surface area contributed by atoms with Crippen LogP contribution < -0.4 is 4.74 Å². The molecule has 1 saturated carbocycles. The van der Waals surface area contributed by atoms with Crippen molar-refractivity contribution in [3.8, 4) is 5.75 Å². The van der Waals surface area contributed by atoms with Gasteiger partial charge in [0.25, 0.3) is 0 Å². The van der Waals surface area contributed by atoms with Gasteiger partial charge < -0.3 is 4.74 Å². The summed E-state index contributed by atoms with van der Waals surface area (Å²) in [6.07, 6.45) is 7.53. The lowest BCUT2D eigenvalue weighted by Gasteiger charge is -2.28. The van der Waals surface area contributed by atoms with E-state index in [1.165, 1.54) is 44.6 Å². The third-order valence-electron chi connectivity index (χ3n) is 4.04. The van der Waals surface area contributed by atoms with Crippen LogP contribution in [0.3, 0.4) is 0 Å². The van der Waals surface area contributed by atoms with E-state index in [1.54, 1.807) is 0 Å². The van der Waals surface area contributed by atoms with Crippen LogP contribution in [0, 0.1) is 23.5 Å². The van der Waals surface area contributed by atoms with Gasteiger partial charge in [0.05, 0.1) is 6.61 Å². The van der Waals surface area contributed by atoms with Crippen molar-refractivity contribution in [1.82, 2.24) is 0 Å². The largest absolute Gasteiger partial charge is 0.493 e. The minimum atomic E-state index is -0.843. The van der Waals surface area contributed by atoms with Crippen molar-refractivity contribution in [1.29, 1.82) is 0 Å². The minimum absolute atomic E-state index is 0.426.